The topological polar surface area (TPSA) is 80.5 Å². The first-order valence-electron chi connectivity index (χ1n) is 11.0. The fourth-order valence-corrected chi connectivity index (χ4v) is 3.67. The molecule has 0 radical (unpaired) electrons. The molecule has 1 amide bonds. The molecule has 4 aromatic rings. The highest BCUT2D eigenvalue weighted by molar-refractivity contribution is 5.96. The third-order valence-corrected chi connectivity index (χ3v) is 5.53. The van der Waals surface area contributed by atoms with Crippen molar-refractivity contribution in [3.05, 3.63) is 71.2 Å². The number of alkyl halides is 3. The van der Waals surface area contributed by atoms with E-state index in [1.165, 1.54) is 28.9 Å². The van der Waals surface area contributed by atoms with E-state index in [1.807, 2.05) is 0 Å². The van der Waals surface area contributed by atoms with Crippen molar-refractivity contribution in [2.75, 3.05) is 18.9 Å². The molecule has 0 aliphatic rings. The molecule has 7 nitrogen and oxygen atoms in total. The van der Waals surface area contributed by atoms with Crippen molar-refractivity contribution in [2.24, 2.45) is 0 Å². The maximum Gasteiger partial charge on any atom is 0.390 e. The van der Waals surface area contributed by atoms with Crippen molar-refractivity contribution >= 4 is 17.2 Å². The fourth-order valence-electron chi connectivity index (χ4n) is 3.67. The van der Waals surface area contributed by atoms with Crippen molar-refractivity contribution in [1.29, 1.82) is 0 Å². The Morgan fingerprint density at radius 2 is 1.86 bits per heavy atom. The van der Waals surface area contributed by atoms with Gasteiger partial charge in [-0.05, 0) is 43.2 Å². The molecule has 0 saturated heterocycles. The third-order valence-electron chi connectivity index (χ3n) is 5.53. The molecule has 0 fully saturated rings. The molecule has 0 bridgehead atoms. The largest absolute Gasteiger partial charge is 0.437 e. The monoisotopic (exact) mass is 501 g/mol. The van der Waals surface area contributed by atoms with Gasteiger partial charge in [0.05, 0.1) is 24.0 Å². The predicted octanol–water partition coefficient (Wildman–Crippen LogP) is 5.67. The van der Waals surface area contributed by atoms with Crippen LogP contribution in [-0.4, -0.2) is 40.3 Å². The molecule has 2 N–H and O–H groups in total. The molecule has 2 aromatic heterocycles. The number of carbonyl (C=O) groups excluding carboxylic acids is 1. The van der Waals surface area contributed by atoms with Gasteiger partial charge in [0, 0.05) is 36.9 Å². The highest BCUT2D eigenvalue weighted by Crippen LogP contribution is 2.31. The van der Waals surface area contributed by atoms with Crippen LogP contribution in [-0.2, 0) is 0 Å². The Hall–Kier alpha value is -4.15. The molecule has 4 rings (SSSR count). The van der Waals surface area contributed by atoms with Crippen molar-refractivity contribution in [3.8, 4) is 22.9 Å². The quantitative estimate of drug-likeness (QED) is 0.319. The van der Waals surface area contributed by atoms with Gasteiger partial charge in [-0.25, -0.2) is 13.9 Å². The van der Waals surface area contributed by atoms with E-state index < -0.39 is 18.4 Å². The number of nitrogens with zero attached hydrogens (tertiary/aromatic N) is 3. The number of nitrogens with one attached hydrogen (secondary N) is 2. The first kappa shape index (κ1) is 25.0. The maximum atomic E-state index is 13.8. The number of ether oxygens (including phenoxy) is 1. The Morgan fingerprint density at radius 3 is 2.56 bits per heavy atom. The Labute approximate surface area is 204 Å². The average Bonchev–Trinajstić information content (AvgIpc) is 3.24. The predicted molar refractivity (Wildman–Crippen MR) is 127 cm³/mol. The van der Waals surface area contributed by atoms with E-state index in [0.717, 1.165) is 0 Å². The molecule has 0 atom stereocenters. The summed E-state index contributed by atoms with van der Waals surface area (Å²) >= 11 is 0. The number of carbonyl (C=O) groups is 1. The Morgan fingerprint density at radius 1 is 1.08 bits per heavy atom. The zero-order valence-corrected chi connectivity index (χ0v) is 19.7. The Balaban J connectivity index is 1.79. The number of anilines is 1. The Kier molecular flexibility index (Phi) is 6.82. The van der Waals surface area contributed by atoms with Crippen molar-refractivity contribution < 1.29 is 27.1 Å². The number of amides is 1. The van der Waals surface area contributed by atoms with E-state index in [4.69, 9.17) is 4.74 Å². The average molecular weight is 501 g/mol. The van der Waals surface area contributed by atoms with Gasteiger partial charge in [-0.15, -0.1) is 5.10 Å². The summed E-state index contributed by atoms with van der Waals surface area (Å²) in [5.41, 5.74) is 3.62. The van der Waals surface area contributed by atoms with Gasteiger partial charge < -0.3 is 15.4 Å². The van der Waals surface area contributed by atoms with Crippen molar-refractivity contribution in [3.63, 3.8) is 0 Å². The summed E-state index contributed by atoms with van der Waals surface area (Å²) in [6.45, 7) is 3.13. The lowest BCUT2D eigenvalue weighted by Crippen LogP contribution is -2.18. The van der Waals surface area contributed by atoms with Crippen LogP contribution >= 0.6 is 0 Å². The number of aryl methyl sites for hydroxylation is 2. The summed E-state index contributed by atoms with van der Waals surface area (Å²) in [5, 5.41) is 9.80. The van der Waals surface area contributed by atoms with E-state index in [9.17, 15) is 22.4 Å². The number of hydrogen-bond donors (Lipinski definition) is 2. The molecular formula is C25H23F4N5O2. The highest BCUT2D eigenvalue weighted by atomic mass is 19.4. The van der Waals surface area contributed by atoms with Crippen LogP contribution in [0, 0.1) is 19.7 Å². The second kappa shape index (κ2) is 9.84. The summed E-state index contributed by atoms with van der Waals surface area (Å²) in [5.74, 6) is -0.484. The number of aromatic nitrogens is 3. The molecule has 0 aliphatic heterocycles. The highest BCUT2D eigenvalue weighted by Gasteiger charge is 2.26. The second-order valence-corrected chi connectivity index (χ2v) is 8.19. The van der Waals surface area contributed by atoms with Crippen LogP contribution in [0.5, 0.6) is 11.6 Å². The van der Waals surface area contributed by atoms with Crippen LogP contribution in [0.4, 0.5) is 23.2 Å². The number of hydrogen-bond acceptors (Lipinski definition) is 5. The van der Waals surface area contributed by atoms with Gasteiger partial charge in [0.25, 0.3) is 5.91 Å². The first-order valence-corrected chi connectivity index (χ1v) is 11.0. The van der Waals surface area contributed by atoms with Crippen LogP contribution < -0.4 is 15.4 Å². The van der Waals surface area contributed by atoms with Crippen molar-refractivity contribution in [2.45, 2.75) is 26.4 Å². The molecule has 0 saturated carbocycles. The van der Waals surface area contributed by atoms with Crippen LogP contribution in [0.2, 0.25) is 0 Å². The van der Waals surface area contributed by atoms with Crippen LogP contribution in [0.3, 0.4) is 0 Å². The summed E-state index contributed by atoms with van der Waals surface area (Å²) in [6.07, 6.45) is -3.85. The number of fused-ring (bicyclic) bond motifs is 1. The first-order chi connectivity index (χ1) is 17.1. The van der Waals surface area contributed by atoms with Gasteiger partial charge in [0.1, 0.15) is 11.6 Å². The lowest BCUT2D eigenvalue weighted by atomic mass is 10.0. The van der Waals surface area contributed by atoms with Gasteiger partial charge in [0.15, 0.2) is 5.65 Å². The van der Waals surface area contributed by atoms with Gasteiger partial charge >= 0.3 is 6.18 Å². The van der Waals surface area contributed by atoms with E-state index in [-0.39, 0.29) is 35.4 Å². The molecule has 36 heavy (non-hydrogen) atoms. The number of rotatable bonds is 7. The third kappa shape index (κ3) is 5.40. The summed E-state index contributed by atoms with van der Waals surface area (Å²) < 4.78 is 59.3. The number of imidazole rings is 1. The standard InChI is InChI=1S/C25H23F4N5O2/c1-14-4-6-17(26)11-21(14)36-22-12-19(31-9-8-25(27,28)29)23-32-13-20(34(23)33-22)16-5-7-18(15(2)10-16)24(35)30-3/h4-7,10-13,31H,8-9H2,1-3H3,(H,30,35). The van der Waals surface area contributed by atoms with E-state index in [0.29, 0.717) is 27.9 Å². The van der Waals surface area contributed by atoms with Gasteiger partial charge in [-0.2, -0.15) is 13.2 Å². The van der Waals surface area contributed by atoms with E-state index in [2.05, 4.69) is 20.7 Å². The van der Waals surface area contributed by atoms with Crippen LogP contribution in [0.25, 0.3) is 16.9 Å². The lowest BCUT2D eigenvalue weighted by Gasteiger charge is -2.14. The van der Waals surface area contributed by atoms with Crippen LogP contribution in [0.1, 0.15) is 27.9 Å². The van der Waals surface area contributed by atoms with E-state index >= 15 is 0 Å². The van der Waals surface area contributed by atoms with Gasteiger partial charge in [-0.1, -0.05) is 12.1 Å². The zero-order chi connectivity index (χ0) is 26.0. The molecule has 0 unspecified atom stereocenters. The second-order valence-electron chi connectivity index (χ2n) is 8.19. The fraction of sp³-hybridized carbons (Fsp3) is 0.240. The van der Waals surface area contributed by atoms with Gasteiger partial charge in [0.2, 0.25) is 5.88 Å². The normalized spacial score (nSPS) is 11.5. The molecule has 2 heterocycles. The molecular weight excluding hydrogens is 478 g/mol. The minimum atomic E-state index is -4.33. The minimum Gasteiger partial charge on any atom is -0.437 e. The zero-order valence-electron chi connectivity index (χ0n) is 19.7. The van der Waals surface area contributed by atoms with Gasteiger partial charge in [-0.3, -0.25) is 4.79 Å². The minimum absolute atomic E-state index is 0.0312. The van der Waals surface area contributed by atoms with E-state index in [1.54, 1.807) is 45.2 Å². The maximum absolute atomic E-state index is 13.8. The smallest absolute Gasteiger partial charge is 0.390 e. The Bertz CT molecular complexity index is 1430. The number of halogens is 4. The number of benzene rings is 2. The SMILES string of the molecule is CNC(=O)c1ccc(-c2cnc3c(NCCC(F)(F)F)cc(Oc4cc(F)ccc4C)nn23)cc1C. The summed E-state index contributed by atoms with van der Waals surface area (Å²) in [4.78, 5) is 16.4. The molecule has 0 aliphatic carbocycles. The molecule has 0 spiro atoms. The summed E-state index contributed by atoms with van der Waals surface area (Å²) in [6, 6.07) is 10.6. The molecule has 2 aromatic carbocycles. The molecule has 11 heteroatoms. The van der Waals surface area contributed by atoms with Crippen LogP contribution in [0.15, 0.2) is 48.7 Å². The lowest BCUT2D eigenvalue weighted by molar-refractivity contribution is -0.131. The summed E-state index contributed by atoms with van der Waals surface area (Å²) in [7, 11) is 1.54. The van der Waals surface area contributed by atoms with Crippen molar-refractivity contribution in [1.82, 2.24) is 19.9 Å². The molecule has 188 valence electrons.